The maximum Gasteiger partial charge on any atom is -0.0417 e. The summed E-state index contributed by atoms with van der Waals surface area (Å²) in [5.74, 6) is 2.86. The molecule has 1 saturated carbocycles. The molecule has 0 spiro atoms. The normalized spacial score (nSPS) is 30.0. The van der Waals surface area contributed by atoms with Gasteiger partial charge in [0.2, 0.25) is 0 Å². The molecule has 68 valence electrons. The van der Waals surface area contributed by atoms with E-state index in [2.05, 4.69) is 34.6 Å². The third-order valence-corrected chi connectivity index (χ3v) is 2.29. The van der Waals surface area contributed by atoms with Crippen molar-refractivity contribution < 1.29 is 0 Å². The van der Waals surface area contributed by atoms with E-state index >= 15 is 0 Å². The van der Waals surface area contributed by atoms with E-state index in [1.165, 1.54) is 19.3 Å². The fraction of sp³-hybridized carbons (Fsp3) is 1.00. The summed E-state index contributed by atoms with van der Waals surface area (Å²) in [6.45, 7) is 11.2. The molecule has 0 nitrogen and oxygen atoms in total. The van der Waals surface area contributed by atoms with E-state index in [4.69, 9.17) is 0 Å². The van der Waals surface area contributed by atoms with Crippen LogP contribution in [0.5, 0.6) is 0 Å². The molecule has 2 unspecified atom stereocenters. The molecule has 0 aliphatic heterocycles. The van der Waals surface area contributed by atoms with Crippen molar-refractivity contribution in [2.75, 3.05) is 0 Å². The highest BCUT2D eigenvalue weighted by molar-refractivity contribution is 4.69. The van der Waals surface area contributed by atoms with Gasteiger partial charge in [0.1, 0.15) is 0 Å². The molecule has 0 aromatic rings. The van der Waals surface area contributed by atoms with Crippen LogP contribution in [0.15, 0.2) is 0 Å². The predicted octanol–water partition coefficient (Wildman–Crippen LogP) is 4.10. The molecule has 0 N–H and O–H groups in total. The van der Waals surface area contributed by atoms with Crippen LogP contribution in [0.1, 0.15) is 53.9 Å². The Hall–Kier alpha value is 0. The van der Waals surface area contributed by atoms with E-state index in [0.29, 0.717) is 0 Å². The second kappa shape index (κ2) is 5.62. The zero-order chi connectivity index (χ0) is 8.85. The van der Waals surface area contributed by atoms with E-state index in [1.807, 2.05) is 0 Å². The van der Waals surface area contributed by atoms with Crippen LogP contribution in [0.4, 0.5) is 0 Å². The lowest BCUT2D eigenvalue weighted by Crippen LogP contribution is -1.95. The molecule has 2 atom stereocenters. The zero-order valence-electron chi connectivity index (χ0n) is 8.85. The van der Waals surface area contributed by atoms with Gasteiger partial charge in [0.25, 0.3) is 0 Å². The second-order valence-corrected chi connectivity index (χ2v) is 4.62. The Kier molecular flexibility index (Phi) is 5.62. The molecule has 11 heavy (non-hydrogen) atoms. The van der Waals surface area contributed by atoms with E-state index < -0.39 is 0 Å². The molecule has 0 amide bonds. The molecular formula is C11H24. The maximum atomic E-state index is 2.36. The lowest BCUT2D eigenvalue weighted by atomic mass is 10.0. The molecule has 0 aromatic carbocycles. The molecule has 0 heterocycles. The van der Waals surface area contributed by atoms with Crippen molar-refractivity contribution in [1.29, 1.82) is 0 Å². The number of hydrogen-bond donors (Lipinski definition) is 0. The minimum atomic E-state index is 0.833. The smallest absolute Gasteiger partial charge is 0.0417 e. The summed E-state index contributed by atoms with van der Waals surface area (Å²) < 4.78 is 0. The molecule has 0 heteroatoms. The van der Waals surface area contributed by atoms with Gasteiger partial charge in [-0.25, -0.2) is 0 Å². The molecule has 0 bridgehead atoms. The summed E-state index contributed by atoms with van der Waals surface area (Å²) in [5.41, 5.74) is 0. The Morgan fingerprint density at radius 1 is 0.909 bits per heavy atom. The first kappa shape index (κ1) is 11.0. The van der Waals surface area contributed by atoms with Crippen molar-refractivity contribution in [1.82, 2.24) is 0 Å². The van der Waals surface area contributed by atoms with Gasteiger partial charge in [-0.3, -0.25) is 0 Å². The van der Waals surface area contributed by atoms with Crippen LogP contribution < -0.4 is 0 Å². The summed E-state index contributed by atoms with van der Waals surface area (Å²) in [5, 5.41) is 0. The zero-order valence-corrected chi connectivity index (χ0v) is 8.85. The lowest BCUT2D eigenvalue weighted by molar-refractivity contribution is 0.457. The van der Waals surface area contributed by atoms with E-state index in [9.17, 15) is 0 Å². The Balaban J connectivity index is 0.000000218. The highest BCUT2D eigenvalue weighted by Crippen LogP contribution is 2.29. The maximum absolute atomic E-state index is 2.36. The van der Waals surface area contributed by atoms with Gasteiger partial charge >= 0.3 is 0 Å². The molecule has 0 aromatic heterocycles. The lowest BCUT2D eigenvalue weighted by Gasteiger charge is -2.05. The molecule has 0 saturated heterocycles. The minimum absolute atomic E-state index is 0.833. The third-order valence-electron chi connectivity index (χ3n) is 2.29. The average molecular weight is 156 g/mol. The van der Waals surface area contributed by atoms with Gasteiger partial charge in [0, 0.05) is 0 Å². The van der Waals surface area contributed by atoms with E-state index in [1.54, 1.807) is 0 Å². The summed E-state index contributed by atoms with van der Waals surface area (Å²) in [7, 11) is 0. The number of rotatable bonds is 0. The number of hydrogen-bond acceptors (Lipinski definition) is 0. The standard InChI is InChI=1S/C7H14.C4H10/c1-6-4-3-5-7(6)2;1-4(2)3/h6-7H,3-5H2,1-2H3;4H,1-3H3. The summed E-state index contributed by atoms with van der Waals surface area (Å²) >= 11 is 0. The Labute approximate surface area is 72.4 Å². The van der Waals surface area contributed by atoms with Crippen LogP contribution in [-0.4, -0.2) is 0 Å². The third kappa shape index (κ3) is 6.40. The molecule has 1 aliphatic carbocycles. The predicted molar refractivity (Wildman–Crippen MR) is 52.7 cm³/mol. The van der Waals surface area contributed by atoms with Crippen molar-refractivity contribution in [3.05, 3.63) is 0 Å². The highest BCUT2D eigenvalue weighted by Gasteiger charge is 2.17. The summed E-state index contributed by atoms with van der Waals surface area (Å²) in [6, 6.07) is 0. The molecule has 1 fully saturated rings. The van der Waals surface area contributed by atoms with Gasteiger partial charge in [-0.15, -0.1) is 0 Å². The fourth-order valence-electron chi connectivity index (χ4n) is 1.33. The monoisotopic (exact) mass is 156 g/mol. The van der Waals surface area contributed by atoms with Gasteiger partial charge in [-0.2, -0.15) is 0 Å². The van der Waals surface area contributed by atoms with Crippen molar-refractivity contribution in [3.63, 3.8) is 0 Å². The van der Waals surface area contributed by atoms with Gasteiger partial charge in [-0.1, -0.05) is 53.9 Å². The van der Waals surface area contributed by atoms with Crippen LogP contribution in [0.3, 0.4) is 0 Å². The average Bonchev–Trinajstić information content (AvgIpc) is 2.15. The minimum Gasteiger partial charge on any atom is -0.0630 e. The first-order valence-corrected chi connectivity index (χ1v) is 5.04. The Morgan fingerprint density at radius 3 is 1.27 bits per heavy atom. The first-order chi connectivity index (χ1) is 5.04. The highest BCUT2D eigenvalue weighted by atomic mass is 14.2. The first-order valence-electron chi connectivity index (χ1n) is 5.04. The van der Waals surface area contributed by atoms with Crippen molar-refractivity contribution >= 4 is 0 Å². The SMILES string of the molecule is CC(C)C.CC1CCCC1C. The van der Waals surface area contributed by atoms with Gasteiger partial charge in [0.15, 0.2) is 0 Å². The quantitative estimate of drug-likeness (QED) is 0.495. The van der Waals surface area contributed by atoms with Gasteiger partial charge < -0.3 is 0 Å². The van der Waals surface area contributed by atoms with Gasteiger partial charge in [-0.05, 0) is 17.8 Å². The Morgan fingerprint density at radius 2 is 1.18 bits per heavy atom. The Bertz CT molecular complexity index is 73.3. The van der Waals surface area contributed by atoms with Gasteiger partial charge in [0.05, 0.1) is 0 Å². The van der Waals surface area contributed by atoms with E-state index in [0.717, 1.165) is 17.8 Å². The van der Waals surface area contributed by atoms with Crippen molar-refractivity contribution in [2.45, 2.75) is 53.9 Å². The summed E-state index contributed by atoms with van der Waals surface area (Å²) in [6.07, 6.45) is 4.42. The van der Waals surface area contributed by atoms with E-state index in [-0.39, 0.29) is 0 Å². The molecular weight excluding hydrogens is 132 g/mol. The van der Waals surface area contributed by atoms with Crippen molar-refractivity contribution in [3.8, 4) is 0 Å². The van der Waals surface area contributed by atoms with Crippen molar-refractivity contribution in [2.24, 2.45) is 17.8 Å². The molecule has 1 rings (SSSR count). The second-order valence-electron chi connectivity index (χ2n) is 4.62. The fourth-order valence-corrected chi connectivity index (χ4v) is 1.33. The molecule has 1 aliphatic rings. The van der Waals surface area contributed by atoms with Crippen LogP contribution in [0, 0.1) is 17.8 Å². The van der Waals surface area contributed by atoms with Crippen LogP contribution >= 0.6 is 0 Å². The summed E-state index contributed by atoms with van der Waals surface area (Å²) in [4.78, 5) is 0. The van der Waals surface area contributed by atoms with Crippen LogP contribution in [-0.2, 0) is 0 Å². The topological polar surface area (TPSA) is 0 Å². The molecule has 0 radical (unpaired) electrons. The van der Waals surface area contributed by atoms with Crippen LogP contribution in [0.2, 0.25) is 0 Å². The van der Waals surface area contributed by atoms with Crippen LogP contribution in [0.25, 0.3) is 0 Å². The largest absolute Gasteiger partial charge is 0.0630 e.